The Labute approximate surface area is 190 Å². The minimum absolute atomic E-state index is 0.131. The maximum absolute atomic E-state index is 12.6. The number of rotatable bonds is 8. The summed E-state index contributed by atoms with van der Waals surface area (Å²) in [5.74, 6) is -1.78. The molecule has 0 unspecified atom stereocenters. The molecule has 2 aromatic carbocycles. The van der Waals surface area contributed by atoms with Crippen LogP contribution in [-0.2, 0) is 14.3 Å². The summed E-state index contributed by atoms with van der Waals surface area (Å²) in [5, 5.41) is 11.8. The zero-order valence-electron chi connectivity index (χ0n) is 17.1. The maximum atomic E-state index is 12.6. The Bertz CT molecular complexity index is 1030. The lowest BCUT2D eigenvalue weighted by molar-refractivity contribution is -0.146. The molecule has 0 aliphatic rings. The van der Waals surface area contributed by atoms with E-state index in [0.29, 0.717) is 10.7 Å². The Hall–Kier alpha value is -3.08. The van der Waals surface area contributed by atoms with Gasteiger partial charge in [-0.3, -0.25) is 14.4 Å². The molecule has 0 saturated carbocycles. The summed E-state index contributed by atoms with van der Waals surface area (Å²) in [4.78, 5) is 38.1. The van der Waals surface area contributed by atoms with Crippen molar-refractivity contribution in [3.8, 4) is 6.07 Å². The minimum Gasteiger partial charge on any atom is -0.454 e. The van der Waals surface area contributed by atoms with E-state index in [9.17, 15) is 14.4 Å². The molecule has 7 nitrogen and oxygen atoms in total. The van der Waals surface area contributed by atoms with E-state index in [-0.39, 0.29) is 23.6 Å². The van der Waals surface area contributed by atoms with Crippen LogP contribution < -0.4 is 10.2 Å². The first kappa shape index (κ1) is 24.2. The number of hydrogen-bond acceptors (Lipinski definition) is 5. The highest BCUT2D eigenvalue weighted by molar-refractivity contribution is 6.42. The van der Waals surface area contributed by atoms with Gasteiger partial charge in [0.2, 0.25) is 0 Å². The third-order valence-electron chi connectivity index (χ3n) is 4.48. The van der Waals surface area contributed by atoms with Gasteiger partial charge >= 0.3 is 5.97 Å². The van der Waals surface area contributed by atoms with Crippen LogP contribution in [0.3, 0.4) is 0 Å². The van der Waals surface area contributed by atoms with Crippen LogP contribution in [0.4, 0.5) is 5.69 Å². The second-order valence-electron chi connectivity index (χ2n) is 6.69. The van der Waals surface area contributed by atoms with E-state index < -0.39 is 30.9 Å². The van der Waals surface area contributed by atoms with E-state index >= 15 is 0 Å². The van der Waals surface area contributed by atoms with Crippen molar-refractivity contribution in [2.24, 2.45) is 0 Å². The molecule has 0 aliphatic heterocycles. The van der Waals surface area contributed by atoms with Gasteiger partial charge < -0.3 is 15.0 Å². The topological polar surface area (TPSA) is 99.5 Å². The van der Waals surface area contributed by atoms with Crippen molar-refractivity contribution in [3.05, 3.63) is 63.1 Å². The van der Waals surface area contributed by atoms with Crippen molar-refractivity contribution < 1.29 is 19.1 Å². The van der Waals surface area contributed by atoms with Crippen molar-refractivity contribution in [3.63, 3.8) is 0 Å². The van der Waals surface area contributed by atoms with E-state index in [1.165, 1.54) is 23.1 Å². The molecule has 0 atom stereocenters. The number of halogens is 2. The van der Waals surface area contributed by atoms with Gasteiger partial charge in [0, 0.05) is 17.8 Å². The fraction of sp³-hybridized carbons (Fsp3) is 0.273. The fourth-order valence-electron chi connectivity index (χ4n) is 2.62. The van der Waals surface area contributed by atoms with Crippen LogP contribution in [0, 0.1) is 25.2 Å². The summed E-state index contributed by atoms with van der Waals surface area (Å²) in [6, 6.07) is 11.8. The second-order valence-corrected chi connectivity index (χ2v) is 7.51. The van der Waals surface area contributed by atoms with Crippen molar-refractivity contribution >= 4 is 46.7 Å². The summed E-state index contributed by atoms with van der Waals surface area (Å²) >= 11 is 11.7. The minimum atomic E-state index is -0.776. The van der Waals surface area contributed by atoms with Gasteiger partial charge in [-0.25, -0.2) is 0 Å². The molecule has 0 bridgehead atoms. The normalized spacial score (nSPS) is 10.2. The van der Waals surface area contributed by atoms with Gasteiger partial charge in [0.05, 0.1) is 22.5 Å². The monoisotopic (exact) mass is 461 g/mol. The van der Waals surface area contributed by atoms with Crippen LogP contribution in [0.1, 0.15) is 27.9 Å². The smallest absolute Gasteiger partial charge is 0.325 e. The second kappa shape index (κ2) is 11.3. The van der Waals surface area contributed by atoms with Crippen molar-refractivity contribution in [1.82, 2.24) is 5.32 Å². The van der Waals surface area contributed by atoms with Crippen molar-refractivity contribution in [2.75, 3.05) is 24.6 Å². The molecule has 0 radical (unpaired) electrons. The van der Waals surface area contributed by atoms with Crippen LogP contribution in [0.15, 0.2) is 36.4 Å². The number of hydrogen-bond donors (Lipinski definition) is 1. The van der Waals surface area contributed by atoms with E-state index in [4.69, 9.17) is 33.2 Å². The molecule has 0 spiro atoms. The predicted octanol–water partition coefficient (Wildman–Crippen LogP) is 3.83. The number of aryl methyl sites for hydroxylation is 2. The standard InChI is InChI=1S/C22H21Cl2N3O4/c1-14-4-6-17(10-15(14)2)27(9-3-8-25)20(28)13-31-21(29)12-26-22(30)16-5-7-18(23)19(24)11-16/h4-7,10-11H,3,9,12-13H2,1-2H3,(H,26,30). The van der Waals surface area contributed by atoms with Crippen LogP contribution in [0.5, 0.6) is 0 Å². The molecule has 162 valence electrons. The van der Waals surface area contributed by atoms with Crippen LogP contribution >= 0.6 is 23.2 Å². The van der Waals surface area contributed by atoms with Crippen LogP contribution in [-0.4, -0.2) is 37.5 Å². The lowest BCUT2D eigenvalue weighted by Gasteiger charge is -2.22. The van der Waals surface area contributed by atoms with E-state index in [1.807, 2.05) is 32.0 Å². The summed E-state index contributed by atoms with van der Waals surface area (Å²) in [6.07, 6.45) is 0.131. The van der Waals surface area contributed by atoms with E-state index in [1.54, 1.807) is 6.07 Å². The number of nitriles is 1. The lowest BCUT2D eigenvalue weighted by Crippen LogP contribution is -2.37. The molecular weight excluding hydrogens is 441 g/mol. The van der Waals surface area contributed by atoms with Crippen LogP contribution in [0.2, 0.25) is 10.0 Å². The summed E-state index contributed by atoms with van der Waals surface area (Å²) in [7, 11) is 0. The Morgan fingerprint density at radius 2 is 1.81 bits per heavy atom. The highest BCUT2D eigenvalue weighted by Crippen LogP contribution is 2.22. The Morgan fingerprint density at radius 1 is 1.06 bits per heavy atom. The van der Waals surface area contributed by atoms with Crippen LogP contribution in [0.25, 0.3) is 0 Å². The number of esters is 1. The van der Waals surface area contributed by atoms with Gasteiger partial charge in [0.25, 0.3) is 11.8 Å². The van der Waals surface area contributed by atoms with Crippen molar-refractivity contribution in [1.29, 1.82) is 5.26 Å². The van der Waals surface area contributed by atoms with Gasteiger partial charge in [0.15, 0.2) is 6.61 Å². The Balaban J connectivity index is 1.92. The van der Waals surface area contributed by atoms with E-state index in [0.717, 1.165) is 11.1 Å². The highest BCUT2D eigenvalue weighted by atomic mass is 35.5. The number of nitrogens with zero attached hydrogens (tertiary/aromatic N) is 2. The number of carbonyl (C=O) groups is 3. The molecule has 0 aromatic heterocycles. The lowest BCUT2D eigenvalue weighted by atomic mass is 10.1. The van der Waals surface area contributed by atoms with Crippen molar-refractivity contribution in [2.45, 2.75) is 20.3 Å². The summed E-state index contributed by atoms with van der Waals surface area (Å²) in [6.45, 7) is 3.11. The van der Waals surface area contributed by atoms with Gasteiger partial charge in [-0.2, -0.15) is 5.26 Å². The van der Waals surface area contributed by atoms with Gasteiger partial charge in [-0.15, -0.1) is 0 Å². The molecule has 2 aromatic rings. The van der Waals surface area contributed by atoms with E-state index in [2.05, 4.69) is 5.32 Å². The Kier molecular flexibility index (Phi) is 8.86. The first-order chi connectivity index (χ1) is 14.7. The molecule has 2 amide bonds. The first-order valence-corrected chi connectivity index (χ1v) is 10.1. The van der Waals surface area contributed by atoms with Gasteiger partial charge in [-0.05, 0) is 55.3 Å². The number of anilines is 1. The third-order valence-corrected chi connectivity index (χ3v) is 5.22. The number of carbonyl (C=O) groups excluding carboxylic acids is 3. The molecule has 2 rings (SSSR count). The zero-order valence-corrected chi connectivity index (χ0v) is 18.6. The van der Waals surface area contributed by atoms with Gasteiger partial charge in [-0.1, -0.05) is 29.3 Å². The SMILES string of the molecule is Cc1ccc(N(CCC#N)C(=O)COC(=O)CNC(=O)c2ccc(Cl)c(Cl)c2)cc1C. The molecule has 0 saturated heterocycles. The number of ether oxygens (including phenoxy) is 1. The predicted molar refractivity (Wildman–Crippen MR) is 118 cm³/mol. The molecule has 1 N–H and O–H groups in total. The average molecular weight is 462 g/mol. The highest BCUT2D eigenvalue weighted by Gasteiger charge is 2.18. The fourth-order valence-corrected chi connectivity index (χ4v) is 2.91. The number of nitrogens with one attached hydrogen (secondary N) is 1. The molecule has 0 heterocycles. The summed E-state index contributed by atoms with van der Waals surface area (Å²) < 4.78 is 4.99. The number of benzene rings is 2. The molecule has 0 aliphatic carbocycles. The molecule has 31 heavy (non-hydrogen) atoms. The van der Waals surface area contributed by atoms with Gasteiger partial charge in [0.1, 0.15) is 6.54 Å². The molecule has 0 fully saturated rings. The quantitative estimate of drug-likeness (QED) is 0.602. The average Bonchev–Trinajstić information content (AvgIpc) is 2.75. The first-order valence-electron chi connectivity index (χ1n) is 9.36. The largest absolute Gasteiger partial charge is 0.454 e. The number of amides is 2. The third kappa shape index (κ3) is 6.99. The molecular formula is C22H21Cl2N3O4. The summed E-state index contributed by atoms with van der Waals surface area (Å²) in [5.41, 5.74) is 2.91. The zero-order chi connectivity index (χ0) is 23.0. The Morgan fingerprint density at radius 3 is 2.45 bits per heavy atom. The maximum Gasteiger partial charge on any atom is 0.325 e. The molecule has 9 heteroatoms.